The molecule has 0 radical (unpaired) electrons. The zero-order valence-corrected chi connectivity index (χ0v) is 13.7. The minimum Gasteiger partial charge on any atom is -0.342 e. The molecular formula is C17H30N2O2. The van der Waals surface area contributed by atoms with E-state index in [0.29, 0.717) is 24.8 Å². The maximum Gasteiger partial charge on any atom is 0.246 e. The van der Waals surface area contributed by atoms with Crippen LogP contribution >= 0.6 is 0 Å². The first-order valence-corrected chi connectivity index (χ1v) is 8.69. The van der Waals surface area contributed by atoms with Gasteiger partial charge in [-0.25, -0.2) is 0 Å². The van der Waals surface area contributed by atoms with Crippen LogP contribution in [0.15, 0.2) is 0 Å². The molecule has 1 N–H and O–H groups in total. The number of nitrogens with zero attached hydrogens (tertiary/aromatic N) is 1. The second-order valence-electron chi connectivity index (χ2n) is 6.81. The van der Waals surface area contributed by atoms with Gasteiger partial charge >= 0.3 is 0 Å². The van der Waals surface area contributed by atoms with Crippen LogP contribution in [0.5, 0.6) is 0 Å². The molecule has 120 valence electrons. The predicted octanol–water partition coefficient (Wildman–Crippen LogP) is 2.72. The normalized spacial score (nSPS) is 29.4. The first-order valence-electron chi connectivity index (χ1n) is 8.69. The van der Waals surface area contributed by atoms with E-state index in [1.807, 2.05) is 11.8 Å². The van der Waals surface area contributed by atoms with Gasteiger partial charge in [0.05, 0.1) is 0 Å². The summed E-state index contributed by atoms with van der Waals surface area (Å²) in [5.41, 5.74) is 0. The number of piperazine rings is 1. The van der Waals surface area contributed by atoms with Crippen molar-refractivity contribution >= 4 is 11.8 Å². The van der Waals surface area contributed by atoms with E-state index in [1.165, 1.54) is 19.3 Å². The van der Waals surface area contributed by atoms with Crippen LogP contribution in [0.3, 0.4) is 0 Å². The van der Waals surface area contributed by atoms with Gasteiger partial charge in [-0.3, -0.25) is 9.59 Å². The molecule has 2 aliphatic rings. The molecule has 3 unspecified atom stereocenters. The molecule has 4 heteroatoms. The van der Waals surface area contributed by atoms with E-state index < -0.39 is 0 Å². The Morgan fingerprint density at radius 3 is 2.43 bits per heavy atom. The Kier molecular flexibility index (Phi) is 5.65. The number of amides is 2. The van der Waals surface area contributed by atoms with Crippen molar-refractivity contribution in [2.75, 3.05) is 6.54 Å². The molecule has 1 aliphatic heterocycles. The molecule has 0 aromatic rings. The number of nitrogens with one attached hydrogen (secondary N) is 1. The summed E-state index contributed by atoms with van der Waals surface area (Å²) >= 11 is 0. The van der Waals surface area contributed by atoms with Crippen LogP contribution in [-0.4, -0.2) is 35.3 Å². The number of rotatable bonds is 5. The number of hydrogen-bond donors (Lipinski definition) is 1. The fourth-order valence-electron chi connectivity index (χ4n) is 3.66. The average Bonchev–Trinajstić information content (AvgIpc) is 2.51. The van der Waals surface area contributed by atoms with Crippen molar-refractivity contribution in [3.05, 3.63) is 0 Å². The van der Waals surface area contributed by atoms with Crippen molar-refractivity contribution in [2.45, 2.75) is 77.8 Å². The smallest absolute Gasteiger partial charge is 0.246 e. The zero-order chi connectivity index (χ0) is 15.4. The molecule has 1 saturated heterocycles. The summed E-state index contributed by atoms with van der Waals surface area (Å²) in [5, 5.41) is 3.03. The van der Waals surface area contributed by atoms with E-state index >= 15 is 0 Å². The second-order valence-corrected chi connectivity index (χ2v) is 6.81. The molecule has 1 saturated carbocycles. The van der Waals surface area contributed by atoms with Crippen molar-refractivity contribution in [3.63, 3.8) is 0 Å². The van der Waals surface area contributed by atoms with Crippen LogP contribution in [-0.2, 0) is 9.59 Å². The minimum atomic E-state index is -0.273. The summed E-state index contributed by atoms with van der Waals surface area (Å²) in [4.78, 5) is 27.2. The van der Waals surface area contributed by atoms with Crippen molar-refractivity contribution < 1.29 is 9.59 Å². The number of carbonyl (C=O) groups is 2. The van der Waals surface area contributed by atoms with E-state index in [1.54, 1.807) is 0 Å². The quantitative estimate of drug-likeness (QED) is 0.847. The summed E-state index contributed by atoms with van der Waals surface area (Å²) in [5.74, 6) is 0.998. The maximum absolute atomic E-state index is 12.9. The Labute approximate surface area is 128 Å². The summed E-state index contributed by atoms with van der Waals surface area (Å²) in [6, 6.07) is -0.545. The lowest BCUT2D eigenvalue weighted by Gasteiger charge is -2.43. The molecule has 21 heavy (non-hydrogen) atoms. The minimum absolute atomic E-state index is 0.0518. The van der Waals surface area contributed by atoms with Gasteiger partial charge in [0.15, 0.2) is 0 Å². The van der Waals surface area contributed by atoms with Crippen molar-refractivity contribution in [3.8, 4) is 0 Å². The molecule has 1 heterocycles. The third-order valence-corrected chi connectivity index (χ3v) is 5.24. The monoisotopic (exact) mass is 294 g/mol. The lowest BCUT2D eigenvalue weighted by Crippen LogP contribution is -2.65. The highest BCUT2D eigenvalue weighted by Crippen LogP contribution is 2.30. The van der Waals surface area contributed by atoms with Crippen LogP contribution in [0, 0.1) is 11.8 Å². The van der Waals surface area contributed by atoms with Crippen LogP contribution in [0.4, 0.5) is 0 Å². The Hall–Kier alpha value is -1.06. The zero-order valence-electron chi connectivity index (χ0n) is 13.7. The SMILES string of the molecule is CCC(C)CN1C(=O)C(C2CCCCC2)NC(=O)C1CC. The van der Waals surface area contributed by atoms with E-state index in [4.69, 9.17) is 0 Å². The molecule has 3 atom stereocenters. The molecule has 2 rings (SSSR count). The molecule has 0 aromatic heterocycles. The van der Waals surface area contributed by atoms with E-state index in [2.05, 4.69) is 19.2 Å². The molecule has 0 bridgehead atoms. The lowest BCUT2D eigenvalue weighted by molar-refractivity contribution is -0.152. The van der Waals surface area contributed by atoms with Gasteiger partial charge in [-0.2, -0.15) is 0 Å². The van der Waals surface area contributed by atoms with Gasteiger partial charge in [-0.1, -0.05) is 46.5 Å². The predicted molar refractivity (Wildman–Crippen MR) is 83.8 cm³/mol. The largest absolute Gasteiger partial charge is 0.342 e. The van der Waals surface area contributed by atoms with Crippen LogP contribution in [0.2, 0.25) is 0 Å². The van der Waals surface area contributed by atoms with E-state index in [0.717, 1.165) is 19.3 Å². The van der Waals surface area contributed by atoms with Crippen molar-refractivity contribution in [1.82, 2.24) is 10.2 Å². The second kappa shape index (κ2) is 7.28. The molecule has 2 amide bonds. The maximum atomic E-state index is 12.9. The molecule has 0 aromatic carbocycles. The van der Waals surface area contributed by atoms with E-state index in [9.17, 15) is 9.59 Å². The Morgan fingerprint density at radius 1 is 1.19 bits per heavy atom. The van der Waals surface area contributed by atoms with Gasteiger partial charge in [-0.15, -0.1) is 0 Å². The highest BCUT2D eigenvalue weighted by atomic mass is 16.2. The number of hydrogen-bond acceptors (Lipinski definition) is 2. The van der Waals surface area contributed by atoms with Crippen LogP contribution < -0.4 is 5.32 Å². The van der Waals surface area contributed by atoms with Crippen molar-refractivity contribution in [1.29, 1.82) is 0 Å². The lowest BCUT2D eigenvalue weighted by atomic mass is 9.82. The average molecular weight is 294 g/mol. The number of carbonyl (C=O) groups excluding carboxylic acids is 2. The van der Waals surface area contributed by atoms with Gasteiger partial charge in [0, 0.05) is 6.54 Å². The topological polar surface area (TPSA) is 49.4 Å². The van der Waals surface area contributed by atoms with Crippen LogP contribution in [0.25, 0.3) is 0 Å². The first kappa shape index (κ1) is 16.3. The van der Waals surface area contributed by atoms with Gasteiger partial charge < -0.3 is 10.2 Å². The fraction of sp³-hybridized carbons (Fsp3) is 0.882. The van der Waals surface area contributed by atoms with E-state index in [-0.39, 0.29) is 23.9 Å². The summed E-state index contributed by atoms with van der Waals surface area (Å²) in [6.07, 6.45) is 7.52. The third kappa shape index (κ3) is 3.58. The highest BCUT2D eigenvalue weighted by Gasteiger charge is 2.43. The molecule has 2 fully saturated rings. The van der Waals surface area contributed by atoms with Gasteiger partial charge in [0.2, 0.25) is 11.8 Å². The van der Waals surface area contributed by atoms with Gasteiger partial charge in [0.25, 0.3) is 0 Å². The highest BCUT2D eigenvalue weighted by molar-refractivity contribution is 5.97. The molecule has 4 nitrogen and oxygen atoms in total. The summed E-state index contributed by atoms with van der Waals surface area (Å²) in [7, 11) is 0. The molecular weight excluding hydrogens is 264 g/mol. The molecule has 0 spiro atoms. The van der Waals surface area contributed by atoms with Gasteiger partial charge in [-0.05, 0) is 31.1 Å². The fourth-order valence-corrected chi connectivity index (χ4v) is 3.66. The first-order chi connectivity index (χ1) is 10.1. The standard InChI is InChI=1S/C17H30N2O2/c1-4-12(3)11-19-14(5-2)16(20)18-15(17(19)21)13-9-7-6-8-10-13/h12-15H,4-11H2,1-3H3,(H,18,20). The van der Waals surface area contributed by atoms with Crippen LogP contribution in [0.1, 0.15) is 65.7 Å². The Morgan fingerprint density at radius 2 is 1.86 bits per heavy atom. The van der Waals surface area contributed by atoms with Crippen molar-refractivity contribution in [2.24, 2.45) is 11.8 Å². The van der Waals surface area contributed by atoms with Gasteiger partial charge in [0.1, 0.15) is 12.1 Å². The Bertz CT molecular complexity index is 377. The summed E-state index contributed by atoms with van der Waals surface area (Å²) in [6.45, 7) is 6.99. The molecule has 1 aliphatic carbocycles. The Balaban J connectivity index is 2.14. The summed E-state index contributed by atoms with van der Waals surface area (Å²) < 4.78 is 0. The third-order valence-electron chi connectivity index (χ3n) is 5.24.